The summed E-state index contributed by atoms with van der Waals surface area (Å²) in [5.41, 5.74) is 6.60. The summed E-state index contributed by atoms with van der Waals surface area (Å²) in [5, 5.41) is 0.548. The van der Waals surface area contributed by atoms with E-state index in [2.05, 4.69) is 13.8 Å². The van der Waals surface area contributed by atoms with E-state index < -0.39 is 12.7 Å². The summed E-state index contributed by atoms with van der Waals surface area (Å²) in [7, 11) is 1.55. The van der Waals surface area contributed by atoms with Crippen molar-refractivity contribution in [2.45, 2.75) is 36.1 Å². The molecule has 2 atom stereocenters. The summed E-state index contributed by atoms with van der Waals surface area (Å²) in [4.78, 5) is 1.20. The average Bonchev–Trinajstić information content (AvgIpc) is 2.31. The Labute approximate surface area is 107 Å². The first-order valence-electron chi connectivity index (χ1n) is 5.69. The number of halogens is 1. The molecule has 2 N–H and O–H groups in total. The zero-order chi connectivity index (χ0) is 12.8. The molecule has 4 heteroatoms. The highest BCUT2D eigenvalue weighted by Crippen LogP contribution is 2.26. The van der Waals surface area contributed by atoms with E-state index in [0.29, 0.717) is 5.25 Å². The normalized spacial score (nSPS) is 14.9. The van der Waals surface area contributed by atoms with E-state index in [-0.39, 0.29) is 6.10 Å². The number of hydrogen-bond acceptors (Lipinski definition) is 3. The Bertz CT molecular complexity index is 329. The van der Waals surface area contributed by atoms with E-state index >= 15 is 0 Å². The first kappa shape index (κ1) is 14.5. The van der Waals surface area contributed by atoms with Crippen LogP contribution in [0.1, 0.15) is 25.5 Å². The van der Waals surface area contributed by atoms with Crippen molar-refractivity contribution in [2.75, 3.05) is 13.8 Å². The first-order chi connectivity index (χ1) is 8.08. The smallest absolute Gasteiger partial charge is 0.107 e. The number of methoxy groups -OCH3 is 1. The Morgan fingerprint density at radius 3 is 2.29 bits per heavy atom. The number of hydrogen-bond donors (Lipinski definition) is 1. The molecule has 0 heterocycles. The molecule has 0 amide bonds. The average molecular weight is 257 g/mol. The molecule has 2 nitrogen and oxygen atoms in total. The van der Waals surface area contributed by atoms with E-state index in [9.17, 15) is 4.39 Å². The number of ether oxygens (including phenoxy) is 1. The van der Waals surface area contributed by atoms with Gasteiger partial charge in [-0.2, -0.15) is 0 Å². The van der Waals surface area contributed by atoms with Gasteiger partial charge in [-0.3, -0.25) is 0 Å². The van der Waals surface area contributed by atoms with Crippen LogP contribution in [0.15, 0.2) is 29.2 Å². The number of benzene rings is 1. The van der Waals surface area contributed by atoms with E-state index in [0.717, 1.165) is 5.56 Å². The van der Waals surface area contributed by atoms with Crippen LogP contribution < -0.4 is 5.73 Å². The quantitative estimate of drug-likeness (QED) is 0.795. The Hall–Kier alpha value is -0.580. The highest BCUT2D eigenvalue weighted by atomic mass is 32.2. The molecule has 0 aliphatic carbocycles. The number of thioether (sulfide) groups is 1. The topological polar surface area (TPSA) is 35.2 Å². The standard InChI is InChI=1S/C13H20FNOS/c1-9(2)17-11-6-4-10(5-7-11)13(16-3)12(15)8-14/h4-7,9,12-13H,8,15H2,1-3H3/t12-,13-/m1/s1. The third-order valence-electron chi connectivity index (χ3n) is 2.40. The molecule has 0 saturated heterocycles. The van der Waals surface area contributed by atoms with Gasteiger partial charge in [-0.05, 0) is 17.7 Å². The third-order valence-corrected chi connectivity index (χ3v) is 3.42. The van der Waals surface area contributed by atoms with Gasteiger partial charge in [-0.15, -0.1) is 11.8 Å². The van der Waals surface area contributed by atoms with Crippen molar-refractivity contribution >= 4 is 11.8 Å². The summed E-state index contributed by atoms with van der Waals surface area (Å²) in [5.74, 6) is 0. The molecule has 1 rings (SSSR count). The lowest BCUT2D eigenvalue weighted by Crippen LogP contribution is -2.31. The fourth-order valence-corrected chi connectivity index (χ4v) is 2.48. The maximum absolute atomic E-state index is 12.6. The molecule has 0 spiro atoms. The fourth-order valence-electron chi connectivity index (χ4n) is 1.65. The van der Waals surface area contributed by atoms with Gasteiger partial charge in [0.05, 0.1) is 12.1 Å². The van der Waals surface area contributed by atoms with Crippen molar-refractivity contribution in [3.63, 3.8) is 0 Å². The van der Waals surface area contributed by atoms with Crippen LogP contribution in [0.3, 0.4) is 0 Å². The largest absolute Gasteiger partial charge is 0.375 e. The highest BCUT2D eigenvalue weighted by Gasteiger charge is 2.19. The lowest BCUT2D eigenvalue weighted by molar-refractivity contribution is 0.0720. The van der Waals surface area contributed by atoms with Crippen molar-refractivity contribution in [2.24, 2.45) is 5.73 Å². The second-order valence-corrected chi connectivity index (χ2v) is 5.86. The fraction of sp³-hybridized carbons (Fsp3) is 0.538. The molecule has 96 valence electrons. The minimum absolute atomic E-state index is 0.377. The predicted molar refractivity (Wildman–Crippen MR) is 71.1 cm³/mol. The molecule has 0 aliphatic rings. The van der Waals surface area contributed by atoms with Crippen molar-refractivity contribution in [1.29, 1.82) is 0 Å². The van der Waals surface area contributed by atoms with Crippen molar-refractivity contribution in [1.82, 2.24) is 0 Å². The summed E-state index contributed by atoms with van der Waals surface area (Å²) >= 11 is 1.79. The van der Waals surface area contributed by atoms with Gasteiger partial charge in [0.25, 0.3) is 0 Å². The van der Waals surface area contributed by atoms with Gasteiger partial charge in [0.1, 0.15) is 6.67 Å². The molecule has 0 unspecified atom stereocenters. The Balaban J connectivity index is 2.77. The van der Waals surface area contributed by atoms with Crippen molar-refractivity contribution in [3.8, 4) is 0 Å². The van der Waals surface area contributed by atoms with Gasteiger partial charge in [0, 0.05) is 17.3 Å². The van der Waals surface area contributed by atoms with Gasteiger partial charge in [-0.1, -0.05) is 26.0 Å². The molecular formula is C13H20FNOS. The summed E-state index contributed by atoms with van der Waals surface area (Å²) in [6.07, 6.45) is -0.377. The van der Waals surface area contributed by atoms with Gasteiger partial charge in [-0.25, -0.2) is 4.39 Å². The van der Waals surface area contributed by atoms with Gasteiger partial charge >= 0.3 is 0 Å². The number of alkyl halides is 1. The Morgan fingerprint density at radius 2 is 1.88 bits per heavy atom. The van der Waals surface area contributed by atoms with Crippen LogP contribution in [0, 0.1) is 0 Å². The van der Waals surface area contributed by atoms with E-state index in [1.54, 1.807) is 18.9 Å². The lowest BCUT2D eigenvalue weighted by Gasteiger charge is -2.20. The Morgan fingerprint density at radius 1 is 1.29 bits per heavy atom. The van der Waals surface area contributed by atoms with Gasteiger partial charge in [0.15, 0.2) is 0 Å². The van der Waals surface area contributed by atoms with Crippen LogP contribution in [0.4, 0.5) is 4.39 Å². The van der Waals surface area contributed by atoms with E-state index in [1.807, 2.05) is 24.3 Å². The van der Waals surface area contributed by atoms with E-state index in [1.165, 1.54) is 4.90 Å². The second-order valence-electron chi connectivity index (χ2n) is 4.21. The van der Waals surface area contributed by atoms with Gasteiger partial charge < -0.3 is 10.5 Å². The summed E-state index contributed by atoms with van der Waals surface area (Å²) in [6, 6.07) is 7.35. The van der Waals surface area contributed by atoms with Crippen molar-refractivity contribution in [3.05, 3.63) is 29.8 Å². The first-order valence-corrected chi connectivity index (χ1v) is 6.57. The number of rotatable bonds is 6. The minimum atomic E-state index is -0.608. The molecule has 0 saturated carbocycles. The molecule has 0 fully saturated rings. The van der Waals surface area contributed by atoms with E-state index in [4.69, 9.17) is 10.5 Å². The zero-order valence-electron chi connectivity index (χ0n) is 10.5. The minimum Gasteiger partial charge on any atom is -0.375 e. The maximum atomic E-state index is 12.6. The molecule has 1 aromatic rings. The van der Waals surface area contributed by atoms with Crippen LogP contribution in [-0.4, -0.2) is 25.1 Å². The van der Waals surface area contributed by atoms with Crippen LogP contribution in [0.25, 0.3) is 0 Å². The summed E-state index contributed by atoms with van der Waals surface area (Å²) < 4.78 is 17.8. The molecule has 0 aromatic heterocycles. The Kier molecular flexibility index (Phi) is 5.95. The van der Waals surface area contributed by atoms with Crippen LogP contribution in [0.2, 0.25) is 0 Å². The lowest BCUT2D eigenvalue weighted by atomic mass is 10.0. The van der Waals surface area contributed by atoms with Crippen molar-refractivity contribution < 1.29 is 9.13 Å². The number of nitrogens with two attached hydrogens (primary N) is 1. The predicted octanol–water partition coefficient (Wildman–Crippen LogP) is 3.17. The van der Waals surface area contributed by atoms with Crippen LogP contribution >= 0.6 is 11.8 Å². The monoisotopic (exact) mass is 257 g/mol. The molecular weight excluding hydrogens is 237 g/mol. The molecule has 0 aliphatic heterocycles. The van der Waals surface area contributed by atoms with Gasteiger partial charge in [0.2, 0.25) is 0 Å². The second kappa shape index (κ2) is 6.99. The SMILES string of the molecule is CO[C@H](c1ccc(SC(C)C)cc1)[C@H](N)CF. The van der Waals surface area contributed by atoms with Crippen LogP contribution in [0.5, 0.6) is 0 Å². The summed E-state index contributed by atoms with van der Waals surface area (Å²) in [6.45, 7) is 3.71. The highest BCUT2D eigenvalue weighted by molar-refractivity contribution is 7.99. The molecule has 17 heavy (non-hydrogen) atoms. The third kappa shape index (κ3) is 4.30. The molecule has 1 aromatic carbocycles. The molecule has 0 bridgehead atoms. The molecule has 0 radical (unpaired) electrons. The maximum Gasteiger partial charge on any atom is 0.107 e. The van der Waals surface area contributed by atoms with Crippen LogP contribution in [-0.2, 0) is 4.74 Å². The zero-order valence-corrected chi connectivity index (χ0v) is 11.3.